The van der Waals surface area contributed by atoms with Gasteiger partial charge in [0.15, 0.2) is 0 Å². The Kier molecular flexibility index (Phi) is 4.27. The monoisotopic (exact) mass is 275 g/mol. The van der Waals surface area contributed by atoms with Crippen LogP contribution in [0.25, 0.3) is 0 Å². The summed E-state index contributed by atoms with van der Waals surface area (Å²) in [6.07, 6.45) is 7.59. The van der Waals surface area contributed by atoms with Gasteiger partial charge < -0.3 is 14.8 Å². The molecule has 3 heteroatoms. The summed E-state index contributed by atoms with van der Waals surface area (Å²) < 4.78 is 11.7. The predicted molar refractivity (Wildman–Crippen MR) is 80.2 cm³/mol. The van der Waals surface area contributed by atoms with Crippen molar-refractivity contribution in [2.45, 2.75) is 56.8 Å². The molecule has 1 saturated carbocycles. The van der Waals surface area contributed by atoms with E-state index < -0.39 is 0 Å². The number of aryl methyl sites for hydroxylation is 1. The van der Waals surface area contributed by atoms with Gasteiger partial charge in [0.25, 0.3) is 0 Å². The topological polar surface area (TPSA) is 30.5 Å². The Morgan fingerprint density at radius 1 is 1.15 bits per heavy atom. The lowest BCUT2D eigenvalue weighted by Gasteiger charge is -2.28. The van der Waals surface area contributed by atoms with Crippen molar-refractivity contribution < 1.29 is 9.47 Å². The van der Waals surface area contributed by atoms with Gasteiger partial charge in [0.1, 0.15) is 11.9 Å². The molecule has 0 aromatic heterocycles. The van der Waals surface area contributed by atoms with Gasteiger partial charge >= 0.3 is 0 Å². The first kappa shape index (κ1) is 13.9. The number of hydrogen-bond donors (Lipinski definition) is 1. The standard InChI is InChI=1S/C17H25NO2/c1-18-17-9-6-12-10-15(7-8-16(12)17)20-14-5-3-4-13(11-14)19-2/h7-8,10,13-14,17-18H,3-6,9,11H2,1-2H3. The zero-order chi connectivity index (χ0) is 13.9. The van der Waals surface area contributed by atoms with Crippen LogP contribution in [0, 0.1) is 0 Å². The van der Waals surface area contributed by atoms with Crippen LogP contribution in [-0.2, 0) is 11.2 Å². The van der Waals surface area contributed by atoms with Gasteiger partial charge in [-0.3, -0.25) is 0 Å². The number of fused-ring (bicyclic) bond motifs is 1. The van der Waals surface area contributed by atoms with Crippen LogP contribution in [0.4, 0.5) is 0 Å². The van der Waals surface area contributed by atoms with E-state index in [0.717, 1.165) is 25.0 Å². The average molecular weight is 275 g/mol. The smallest absolute Gasteiger partial charge is 0.120 e. The van der Waals surface area contributed by atoms with Crippen molar-refractivity contribution in [3.8, 4) is 5.75 Å². The van der Waals surface area contributed by atoms with Crippen LogP contribution in [-0.4, -0.2) is 26.4 Å². The molecule has 0 spiro atoms. The largest absolute Gasteiger partial charge is 0.490 e. The van der Waals surface area contributed by atoms with Crippen molar-refractivity contribution in [3.63, 3.8) is 0 Å². The van der Waals surface area contributed by atoms with E-state index in [0.29, 0.717) is 18.2 Å². The van der Waals surface area contributed by atoms with E-state index >= 15 is 0 Å². The fraction of sp³-hybridized carbons (Fsp3) is 0.647. The van der Waals surface area contributed by atoms with E-state index in [1.54, 1.807) is 7.11 Å². The normalized spacial score (nSPS) is 29.2. The van der Waals surface area contributed by atoms with E-state index in [9.17, 15) is 0 Å². The highest BCUT2D eigenvalue weighted by Crippen LogP contribution is 2.34. The van der Waals surface area contributed by atoms with Crippen LogP contribution in [0.5, 0.6) is 5.75 Å². The van der Waals surface area contributed by atoms with E-state index in [4.69, 9.17) is 9.47 Å². The highest BCUT2D eigenvalue weighted by atomic mass is 16.5. The minimum atomic E-state index is 0.313. The number of hydrogen-bond acceptors (Lipinski definition) is 3. The number of methoxy groups -OCH3 is 1. The lowest BCUT2D eigenvalue weighted by Crippen LogP contribution is -2.29. The Morgan fingerprint density at radius 3 is 2.80 bits per heavy atom. The lowest BCUT2D eigenvalue weighted by atomic mass is 9.95. The van der Waals surface area contributed by atoms with Crippen LogP contribution >= 0.6 is 0 Å². The summed E-state index contributed by atoms with van der Waals surface area (Å²) in [6.45, 7) is 0. The molecule has 0 amide bonds. The van der Waals surface area contributed by atoms with Gasteiger partial charge in [-0.05, 0) is 62.4 Å². The van der Waals surface area contributed by atoms with E-state index in [-0.39, 0.29) is 0 Å². The Hall–Kier alpha value is -1.06. The number of rotatable bonds is 4. The van der Waals surface area contributed by atoms with Gasteiger partial charge in [-0.25, -0.2) is 0 Å². The zero-order valence-corrected chi connectivity index (χ0v) is 12.5. The first-order chi connectivity index (χ1) is 9.80. The molecule has 3 unspecified atom stereocenters. The minimum absolute atomic E-state index is 0.313. The molecular formula is C17H25NO2. The summed E-state index contributed by atoms with van der Waals surface area (Å²) in [7, 11) is 3.84. The second kappa shape index (κ2) is 6.15. The maximum atomic E-state index is 6.18. The molecular weight excluding hydrogens is 250 g/mol. The van der Waals surface area contributed by atoms with Crippen molar-refractivity contribution in [3.05, 3.63) is 29.3 Å². The Morgan fingerprint density at radius 2 is 2.00 bits per heavy atom. The minimum Gasteiger partial charge on any atom is -0.490 e. The van der Waals surface area contributed by atoms with Crippen molar-refractivity contribution in [2.75, 3.05) is 14.2 Å². The first-order valence-electron chi connectivity index (χ1n) is 7.79. The van der Waals surface area contributed by atoms with Crippen LogP contribution in [0.3, 0.4) is 0 Å². The number of nitrogens with one attached hydrogen (secondary N) is 1. The van der Waals surface area contributed by atoms with Crippen molar-refractivity contribution in [1.82, 2.24) is 5.32 Å². The van der Waals surface area contributed by atoms with Gasteiger partial charge in [0, 0.05) is 19.6 Å². The zero-order valence-electron chi connectivity index (χ0n) is 12.5. The van der Waals surface area contributed by atoms with E-state index in [1.165, 1.54) is 30.4 Å². The molecule has 1 aromatic rings. The second-order valence-electron chi connectivity index (χ2n) is 6.00. The Labute approximate surface area is 121 Å². The third kappa shape index (κ3) is 2.84. The summed E-state index contributed by atoms with van der Waals surface area (Å²) in [5.74, 6) is 1.03. The van der Waals surface area contributed by atoms with Crippen LogP contribution in [0.1, 0.15) is 49.3 Å². The van der Waals surface area contributed by atoms with Gasteiger partial charge in [-0.2, -0.15) is 0 Å². The fourth-order valence-corrected chi connectivity index (χ4v) is 3.58. The molecule has 3 rings (SSSR count). The molecule has 2 aliphatic rings. The maximum Gasteiger partial charge on any atom is 0.120 e. The molecule has 3 nitrogen and oxygen atoms in total. The quantitative estimate of drug-likeness (QED) is 0.915. The van der Waals surface area contributed by atoms with E-state index in [1.807, 2.05) is 7.05 Å². The van der Waals surface area contributed by atoms with Gasteiger partial charge in [-0.1, -0.05) is 6.07 Å². The van der Waals surface area contributed by atoms with Crippen molar-refractivity contribution in [1.29, 1.82) is 0 Å². The highest BCUT2D eigenvalue weighted by Gasteiger charge is 2.25. The summed E-state index contributed by atoms with van der Waals surface area (Å²) in [4.78, 5) is 0. The Balaban J connectivity index is 1.66. The molecule has 2 aliphatic carbocycles. The van der Waals surface area contributed by atoms with E-state index in [2.05, 4.69) is 23.5 Å². The molecule has 20 heavy (non-hydrogen) atoms. The summed E-state index contributed by atoms with van der Waals surface area (Å²) in [5.41, 5.74) is 2.89. The molecule has 0 heterocycles. The van der Waals surface area contributed by atoms with Gasteiger partial charge in [0.05, 0.1) is 6.10 Å². The molecule has 1 fully saturated rings. The van der Waals surface area contributed by atoms with Crippen LogP contribution in [0.15, 0.2) is 18.2 Å². The Bertz CT molecular complexity index is 460. The molecule has 0 radical (unpaired) electrons. The molecule has 0 bridgehead atoms. The second-order valence-corrected chi connectivity index (χ2v) is 6.00. The summed E-state index contributed by atoms with van der Waals surface area (Å²) in [5, 5.41) is 3.38. The van der Waals surface area contributed by atoms with Gasteiger partial charge in [-0.15, -0.1) is 0 Å². The first-order valence-corrected chi connectivity index (χ1v) is 7.79. The predicted octanol–water partition coefficient (Wildman–Crippen LogP) is 3.23. The van der Waals surface area contributed by atoms with Gasteiger partial charge in [0.2, 0.25) is 0 Å². The fourth-order valence-electron chi connectivity index (χ4n) is 3.58. The van der Waals surface area contributed by atoms with Crippen LogP contribution in [0.2, 0.25) is 0 Å². The third-order valence-corrected chi connectivity index (χ3v) is 4.75. The molecule has 3 atom stereocenters. The summed E-state index contributed by atoms with van der Waals surface area (Å²) >= 11 is 0. The molecule has 0 aliphatic heterocycles. The number of benzene rings is 1. The van der Waals surface area contributed by atoms with Crippen molar-refractivity contribution >= 4 is 0 Å². The lowest BCUT2D eigenvalue weighted by molar-refractivity contribution is 0.0209. The molecule has 1 N–H and O–H groups in total. The molecule has 0 saturated heterocycles. The summed E-state index contributed by atoms with van der Waals surface area (Å²) in [6, 6.07) is 7.12. The number of ether oxygens (including phenoxy) is 2. The molecule has 1 aromatic carbocycles. The third-order valence-electron chi connectivity index (χ3n) is 4.75. The SMILES string of the molecule is CNC1CCc2cc(OC3CCCC(OC)C3)ccc21. The molecule has 110 valence electrons. The highest BCUT2D eigenvalue weighted by molar-refractivity contribution is 5.40. The van der Waals surface area contributed by atoms with Crippen LogP contribution < -0.4 is 10.1 Å². The maximum absolute atomic E-state index is 6.18. The average Bonchev–Trinajstić information content (AvgIpc) is 2.89. The van der Waals surface area contributed by atoms with Crippen molar-refractivity contribution in [2.24, 2.45) is 0 Å².